The molecular formula is C23H20FN3O2. The smallest absolute Gasteiger partial charge is 0.244 e. The molecule has 0 fully saturated rings. The highest BCUT2D eigenvalue weighted by Crippen LogP contribution is 2.29. The lowest BCUT2D eigenvalue weighted by molar-refractivity contribution is -0.116. The van der Waals surface area contributed by atoms with Crippen LogP contribution in [0.2, 0.25) is 0 Å². The minimum Gasteiger partial charge on any atom is -0.492 e. The zero-order chi connectivity index (χ0) is 20.2. The lowest BCUT2D eigenvalue weighted by Gasteiger charge is -2.06. The molecule has 0 radical (unpaired) electrons. The fraction of sp³-hybridized carbons (Fsp3) is 0.130. The van der Waals surface area contributed by atoms with Gasteiger partial charge < -0.3 is 15.0 Å². The molecule has 2 heterocycles. The van der Waals surface area contributed by atoms with Crippen molar-refractivity contribution in [3.8, 4) is 5.75 Å². The third-order valence-corrected chi connectivity index (χ3v) is 4.63. The van der Waals surface area contributed by atoms with E-state index in [2.05, 4.69) is 15.3 Å². The average Bonchev–Trinajstić information content (AvgIpc) is 3.09. The molecule has 0 aliphatic rings. The maximum absolute atomic E-state index is 13.1. The summed E-state index contributed by atoms with van der Waals surface area (Å²) < 4.78 is 18.9. The van der Waals surface area contributed by atoms with E-state index >= 15 is 0 Å². The lowest BCUT2D eigenvalue weighted by Crippen LogP contribution is -2.26. The van der Waals surface area contributed by atoms with Gasteiger partial charge in [-0.3, -0.25) is 9.78 Å². The highest BCUT2D eigenvalue weighted by Gasteiger charge is 2.07. The summed E-state index contributed by atoms with van der Waals surface area (Å²) in [5.74, 6) is 0.130. The second-order valence-corrected chi connectivity index (χ2v) is 6.68. The van der Waals surface area contributed by atoms with Crippen molar-refractivity contribution in [1.82, 2.24) is 15.3 Å². The van der Waals surface area contributed by atoms with Crippen LogP contribution in [0.25, 0.3) is 27.9 Å². The third-order valence-electron chi connectivity index (χ3n) is 4.63. The van der Waals surface area contributed by atoms with Crippen LogP contribution in [0, 0.1) is 12.7 Å². The van der Waals surface area contributed by atoms with Crippen molar-refractivity contribution in [3.05, 3.63) is 77.9 Å². The third kappa shape index (κ3) is 4.27. The first-order valence-corrected chi connectivity index (χ1v) is 9.31. The van der Waals surface area contributed by atoms with E-state index in [9.17, 15) is 9.18 Å². The van der Waals surface area contributed by atoms with Gasteiger partial charge in [0, 0.05) is 29.1 Å². The van der Waals surface area contributed by atoms with Crippen molar-refractivity contribution >= 4 is 33.8 Å². The molecule has 0 atom stereocenters. The second kappa shape index (κ2) is 8.14. The maximum atomic E-state index is 13.1. The van der Waals surface area contributed by atoms with Gasteiger partial charge in [0.05, 0.1) is 23.3 Å². The Hall–Kier alpha value is -3.67. The normalized spacial score (nSPS) is 11.4. The molecule has 29 heavy (non-hydrogen) atoms. The molecule has 0 aliphatic carbocycles. The van der Waals surface area contributed by atoms with Crippen molar-refractivity contribution < 1.29 is 13.9 Å². The van der Waals surface area contributed by atoms with Crippen molar-refractivity contribution in [2.45, 2.75) is 6.92 Å². The van der Waals surface area contributed by atoms with E-state index in [0.717, 1.165) is 33.2 Å². The topological polar surface area (TPSA) is 67.0 Å². The number of aryl methyl sites for hydroxylation is 1. The van der Waals surface area contributed by atoms with Gasteiger partial charge in [0.25, 0.3) is 0 Å². The number of benzene rings is 2. The van der Waals surface area contributed by atoms with Crippen molar-refractivity contribution in [1.29, 1.82) is 0 Å². The number of halogens is 1. The number of hydrogen-bond donors (Lipinski definition) is 2. The highest BCUT2D eigenvalue weighted by molar-refractivity contribution is 6.08. The first kappa shape index (κ1) is 18.7. The van der Waals surface area contributed by atoms with Gasteiger partial charge >= 0.3 is 0 Å². The molecule has 0 unspecified atom stereocenters. The monoisotopic (exact) mass is 389 g/mol. The number of aromatic amines is 1. The highest BCUT2D eigenvalue weighted by atomic mass is 19.1. The largest absolute Gasteiger partial charge is 0.492 e. The van der Waals surface area contributed by atoms with Crippen LogP contribution in [0.4, 0.5) is 4.39 Å². The van der Waals surface area contributed by atoms with Crippen LogP contribution in [0.3, 0.4) is 0 Å². The summed E-state index contributed by atoms with van der Waals surface area (Å²) in [6.45, 7) is 2.67. The van der Waals surface area contributed by atoms with Crippen molar-refractivity contribution in [2.75, 3.05) is 13.2 Å². The minimum absolute atomic E-state index is 0.257. The Kier molecular flexibility index (Phi) is 5.24. The molecule has 6 heteroatoms. The number of H-pyrrole nitrogens is 1. The second-order valence-electron chi connectivity index (χ2n) is 6.68. The van der Waals surface area contributed by atoms with Crippen LogP contribution in [-0.2, 0) is 4.79 Å². The van der Waals surface area contributed by atoms with E-state index in [4.69, 9.17) is 4.74 Å². The van der Waals surface area contributed by atoms with E-state index in [1.165, 1.54) is 18.2 Å². The average molecular weight is 389 g/mol. The summed E-state index contributed by atoms with van der Waals surface area (Å²) in [5.41, 5.74) is 3.59. The molecule has 0 saturated carbocycles. The van der Waals surface area contributed by atoms with Crippen LogP contribution in [0.1, 0.15) is 11.3 Å². The Morgan fingerprint density at radius 2 is 2.10 bits per heavy atom. The Morgan fingerprint density at radius 1 is 1.21 bits per heavy atom. The first-order valence-electron chi connectivity index (χ1n) is 9.31. The summed E-state index contributed by atoms with van der Waals surface area (Å²) in [5, 5.41) is 5.00. The molecule has 4 aromatic rings. The van der Waals surface area contributed by atoms with Crippen LogP contribution in [0.5, 0.6) is 5.75 Å². The number of nitrogens with one attached hydrogen (secondary N) is 2. The number of carbonyl (C=O) groups excluding carboxylic acids is 1. The van der Waals surface area contributed by atoms with E-state index in [0.29, 0.717) is 18.7 Å². The zero-order valence-electron chi connectivity index (χ0n) is 15.9. The quantitative estimate of drug-likeness (QED) is 0.380. The predicted octanol–water partition coefficient (Wildman–Crippen LogP) is 4.37. The molecule has 0 saturated heterocycles. The van der Waals surface area contributed by atoms with E-state index in [-0.39, 0.29) is 11.7 Å². The molecular weight excluding hydrogens is 369 g/mol. The Balaban J connectivity index is 1.32. The molecule has 2 aromatic heterocycles. The molecule has 0 bridgehead atoms. The number of amides is 1. The number of ether oxygens (including phenoxy) is 1. The van der Waals surface area contributed by atoms with Crippen molar-refractivity contribution in [2.24, 2.45) is 0 Å². The van der Waals surface area contributed by atoms with Gasteiger partial charge in [-0.05, 0) is 48.9 Å². The number of nitrogens with zero attached hydrogens (tertiary/aromatic N) is 1. The number of rotatable bonds is 6. The predicted molar refractivity (Wildman–Crippen MR) is 112 cm³/mol. The molecule has 0 spiro atoms. The molecule has 1 amide bonds. The zero-order valence-corrected chi connectivity index (χ0v) is 15.9. The molecule has 0 aliphatic heterocycles. The van der Waals surface area contributed by atoms with Crippen molar-refractivity contribution in [3.63, 3.8) is 0 Å². The standard InChI is InChI=1S/C23H20FN3O2/c1-15-23-20(9-10-25-15)19-7-6-18(14-21(19)27-23)29-12-11-26-22(28)8-5-16-3-2-4-17(24)13-16/h2-10,13-14,27H,11-12H2,1H3,(H,26,28)/b8-5+. The summed E-state index contributed by atoms with van der Waals surface area (Å²) in [6, 6.07) is 13.9. The molecule has 2 N–H and O–H groups in total. The maximum Gasteiger partial charge on any atom is 0.244 e. The van der Waals surface area contributed by atoms with Gasteiger partial charge in [0.2, 0.25) is 5.91 Å². The van der Waals surface area contributed by atoms with Crippen LogP contribution < -0.4 is 10.1 Å². The Morgan fingerprint density at radius 3 is 2.97 bits per heavy atom. The molecule has 4 rings (SSSR count). The first-order chi connectivity index (χ1) is 14.1. The van der Waals surface area contributed by atoms with E-state index < -0.39 is 0 Å². The number of fused-ring (bicyclic) bond motifs is 3. The van der Waals surface area contributed by atoms with Gasteiger partial charge in [-0.2, -0.15) is 0 Å². The van der Waals surface area contributed by atoms with Crippen LogP contribution in [0.15, 0.2) is 60.8 Å². The number of pyridine rings is 1. The number of aromatic nitrogens is 2. The fourth-order valence-electron chi connectivity index (χ4n) is 3.22. The molecule has 146 valence electrons. The summed E-state index contributed by atoms with van der Waals surface area (Å²) in [4.78, 5) is 19.6. The summed E-state index contributed by atoms with van der Waals surface area (Å²) >= 11 is 0. The SMILES string of the molecule is Cc1nccc2c1[nH]c1cc(OCCNC(=O)/C=C/c3cccc(F)c3)ccc12. The fourth-order valence-corrected chi connectivity index (χ4v) is 3.22. The summed E-state index contributed by atoms with van der Waals surface area (Å²) in [7, 11) is 0. The molecule has 5 nitrogen and oxygen atoms in total. The van der Waals surface area contributed by atoms with E-state index in [1.807, 2.05) is 31.2 Å². The minimum atomic E-state index is -0.334. The van der Waals surface area contributed by atoms with Gasteiger partial charge in [-0.25, -0.2) is 4.39 Å². The van der Waals surface area contributed by atoms with Crippen LogP contribution >= 0.6 is 0 Å². The Labute approximate surface area is 167 Å². The van der Waals surface area contributed by atoms with Crippen LogP contribution in [-0.4, -0.2) is 29.0 Å². The van der Waals surface area contributed by atoms with Gasteiger partial charge in [-0.15, -0.1) is 0 Å². The number of carbonyl (C=O) groups is 1. The lowest BCUT2D eigenvalue weighted by atomic mass is 10.1. The van der Waals surface area contributed by atoms with E-state index in [1.54, 1.807) is 24.4 Å². The molecule has 2 aromatic carbocycles. The van der Waals surface area contributed by atoms with Gasteiger partial charge in [0.15, 0.2) is 0 Å². The van der Waals surface area contributed by atoms with Gasteiger partial charge in [-0.1, -0.05) is 12.1 Å². The Bertz CT molecular complexity index is 1210. The van der Waals surface area contributed by atoms with Gasteiger partial charge in [0.1, 0.15) is 18.2 Å². The summed E-state index contributed by atoms with van der Waals surface area (Å²) in [6.07, 6.45) is 4.75. The number of hydrogen-bond acceptors (Lipinski definition) is 3.